The van der Waals surface area contributed by atoms with E-state index < -0.39 is 10.0 Å². The molecule has 0 radical (unpaired) electrons. The number of hydrogen-bond acceptors (Lipinski definition) is 4. The van der Waals surface area contributed by atoms with Gasteiger partial charge in [0.1, 0.15) is 24.4 Å². The number of benzene rings is 1. The molecule has 7 heteroatoms. The number of nitrogens with one attached hydrogen (secondary N) is 2. The first-order valence-electron chi connectivity index (χ1n) is 7.42. The lowest BCUT2D eigenvalue weighted by Crippen LogP contribution is -3.22. The smallest absolute Gasteiger partial charge is 0.240 e. The quantitative estimate of drug-likeness (QED) is 0.750. The maximum Gasteiger partial charge on any atom is 0.240 e. The maximum absolute atomic E-state index is 12.4. The second kappa shape index (κ2) is 6.95. The van der Waals surface area contributed by atoms with Crippen LogP contribution in [-0.2, 0) is 14.8 Å². The molecule has 1 fully saturated rings. The second-order valence-electron chi connectivity index (χ2n) is 6.10. The Morgan fingerprint density at radius 3 is 2.36 bits per heavy atom. The first-order valence-corrected chi connectivity index (χ1v) is 8.90. The molecule has 1 aromatic carbocycles. The van der Waals surface area contributed by atoms with Crippen molar-refractivity contribution in [1.82, 2.24) is 4.72 Å². The van der Waals surface area contributed by atoms with Crippen molar-refractivity contribution in [1.29, 1.82) is 0 Å². The van der Waals surface area contributed by atoms with E-state index in [-0.39, 0.29) is 10.4 Å². The van der Waals surface area contributed by atoms with Crippen molar-refractivity contribution in [3.05, 3.63) is 24.3 Å². The summed E-state index contributed by atoms with van der Waals surface area (Å²) in [4.78, 5) is 1.61. The van der Waals surface area contributed by atoms with Gasteiger partial charge in [0.05, 0.1) is 31.8 Å². The number of rotatable bonds is 6. The van der Waals surface area contributed by atoms with Gasteiger partial charge < -0.3 is 14.4 Å². The summed E-state index contributed by atoms with van der Waals surface area (Å²) in [7, 11) is -1.96. The minimum atomic E-state index is -3.51. The fourth-order valence-electron chi connectivity index (χ4n) is 2.53. The Morgan fingerprint density at radius 2 is 1.82 bits per heavy atom. The molecule has 6 nitrogen and oxygen atoms in total. The molecule has 0 atom stereocenters. The molecular formula is C15H25N2O4S+. The summed E-state index contributed by atoms with van der Waals surface area (Å²) >= 11 is 0. The minimum Gasteiger partial charge on any atom is -0.497 e. The Hall–Kier alpha value is -1.15. The zero-order valence-corrected chi connectivity index (χ0v) is 14.2. The summed E-state index contributed by atoms with van der Waals surface area (Å²) < 4.78 is 37.9. The highest BCUT2D eigenvalue weighted by Crippen LogP contribution is 2.15. The van der Waals surface area contributed by atoms with E-state index in [1.807, 2.05) is 0 Å². The average molecular weight is 329 g/mol. The van der Waals surface area contributed by atoms with Crippen molar-refractivity contribution >= 4 is 10.0 Å². The highest BCUT2D eigenvalue weighted by molar-refractivity contribution is 7.89. The zero-order valence-electron chi connectivity index (χ0n) is 13.4. The van der Waals surface area contributed by atoms with Gasteiger partial charge in [-0.25, -0.2) is 13.1 Å². The van der Waals surface area contributed by atoms with Gasteiger partial charge in [0, 0.05) is 0 Å². The van der Waals surface area contributed by atoms with Gasteiger partial charge >= 0.3 is 0 Å². The average Bonchev–Trinajstić information content (AvgIpc) is 2.54. The molecule has 1 heterocycles. The zero-order chi connectivity index (χ0) is 16.2. The molecule has 2 N–H and O–H groups in total. The fraction of sp³-hybridized carbons (Fsp3) is 0.600. The lowest BCUT2D eigenvalue weighted by atomic mass is 10.0. The monoisotopic (exact) mass is 329 g/mol. The predicted octanol–water partition coefficient (Wildman–Crippen LogP) is -0.333. The van der Waals surface area contributed by atoms with Crippen LogP contribution in [0.3, 0.4) is 0 Å². The number of quaternary nitrogens is 1. The first kappa shape index (κ1) is 17.2. The van der Waals surface area contributed by atoms with Crippen LogP contribution in [0.1, 0.15) is 13.8 Å². The van der Waals surface area contributed by atoms with Crippen LogP contribution in [0.5, 0.6) is 5.75 Å². The van der Waals surface area contributed by atoms with Crippen molar-refractivity contribution in [3.63, 3.8) is 0 Å². The van der Waals surface area contributed by atoms with Crippen LogP contribution in [-0.4, -0.2) is 53.9 Å². The molecule has 2 rings (SSSR count). The summed E-state index contributed by atoms with van der Waals surface area (Å²) in [6, 6.07) is 6.39. The third kappa shape index (κ3) is 4.19. The molecule has 22 heavy (non-hydrogen) atoms. The molecule has 0 unspecified atom stereocenters. The number of ether oxygens (including phenoxy) is 2. The standard InChI is InChI=1S/C15H24N2O4S/c1-15(2,17-8-10-21-11-9-17)12-16-22(18,19)14-6-4-13(20-3)5-7-14/h4-7,16H,8-12H2,1-3H3/p+1. The molecule has 1 saturated heterocycles. The van der Waals surface area contributed by atoms with Crippen LogP contribution in [0.25, 0.3) is 0 Å². The Balaban J connectivity index is 2.01. The van der Waals surface area contributed by atoms with E-state index in [2.05, 4.69) is 18.6 Å². The van der Waals surface area contributed by atoms with E-state index in [0.717, 1.165) is 26.3 Å². The van der Waals surface area contributed by atoms with Crippen molar-refractivity contribution < 1.29 is 22.8 Å². The van der Waals surface area contributed by atoms with Crippen molar-refractivity contribution in [2.24, 2.45) is 0 Å². The van der Waals surface area contributed by atoms with Gasteiger partial charge in [0.15, 0.2) is 0 Å². The lowest BCUT2D eigenvalue weighted by Gasteiger charge is -2.37. The highest BCUT2D eigenvalue weighted by atomic mass is 32.2. The first-order chi connectivity index (χ1) is 10.3. The van der Waals surface area contributed by atoms with Crippen LogP contribution in [0.4, 0.5) is 0 Å². The van der Waals surface area contributed by atoms with Crippen molar-refractivity contribution in [2.75, 3.05) is 40.0 Å². The van der Waals surface area contributed by atoms with Gasteiger partial charge in [-0.05, 0) is 38.1 Å². The van der Waals surface area contributed by atoms with Gasteiger partial charge in [-0.1, -0.05) is 0 Å². The minimum absolute atomic E-state index is 0.177. The Bertz CT molecular complexity index is 578. The van der Waals surface area contributed by atoms with E-state index >= 15 is 0 Å². The predicted molar refractivity (Wildman–Crippen MR) is 83.8 cm³/mol. The molecule has 0 aliphatic carbocycles. The summed E-state index contributed by atoms with van der Waals surface area (Å²) in [5, 5.41) is 0. The van der Waals surface area contributed by atoms with Gasteiger partial charge in [-0.2, -0.15) is 0 Å². The van der Waals surface area contributed by atoms with E-state index in [1.165, 1.54) is 4.90 Å². The van der Waals surface area contributed by atoms with E-state index in [4.69, 9.17) is 9.47 Å². The molecule has 0 bridgehead atoms. The number of methoxy groups -OCH3 is 1. The maximum atomic E-state index is 12.4. The summed E-state index contributed by atoms with van der Waals surface area (Å²) in [5.41, 5.74) is -0.177. The Labute approximate surface area is 132 Å². The van der Waals surface area contributed by atoms with Gasteiger partial charge in [-0.15, -0.1) is 0 Å². The number of morpholine rings is 1. The molecule has 1 aromatic rings. The van der Waals surface area contributed by atoms with Crippen LogP contribution >= 0.6 is 0 Å². The Kier molecular flexibility index (Phi) is 5.44. The molecule has 0 saturated carbocycles. The van der Waals surface area contributed by atoms with E-state index in [0.29, 0.717) is 12.3 Å². The van der Waals surface area contributed by atoms with Gasteiger partial charge in [-0.3, -0.25) is 0 Å². The molecular weight excluding hydrogens is 304 g/mol. The van der Waals surface area contributed by atoms with Crippen molar-refractivity contribution in [2.45, 2.75) is 24.3 Å². The molecule has 1 aliphatic rings. The molecule has 0 amide bonds. The van der Waals surface area contributed by atoms with Crippen LogP contribution in [0.15, 0.2) is 29.2 Å². The third-order valence-corrected chi connectivity index (χ3v) is 5.54. The highest BCUT2D eigenvalue weighted by Gasteiger charge is 2.33. The van der Waals surface area contributed by atoms with E-state index in [1.54, 1.807) is 31.4 Å². The number of hydrogen-bond donors (Lipinski definition) is 2. The fourth-order valence-corrected chi connectivity index (χ4v) is 3.75. The molecule has 1 aliphatic heterocycles. The van der Waals surface area contributed by atoms with Gasteiger partial charge in [0.2, 0.25) is 10.0 Å². The van der Waals surface area contributed by atoms with Gasteiger partial charge in [0.25, 0.3) is 0 Å². The van der Waals surface area contributed by atoms with Crippen LogP contribution in [0, 0.1) is 0 Å². The largest absolute Gasteiger partial charge is 0.497 e. The van der Waals surface area contributed by atoms with Crippen molar-refractivity contribution in [3.8, 4) is 5.75 Å². The molecule has 0 spiro atoms. The van der Waals surface area contributed by atoms with Crippen LogP contribution < -0.4 is 14.4 Å². The topological polar surface area (TPSA) is 69.1 Å². The van der Waals surface area contributed by atoms with Crippen LogP contribution in [0.2, 0.25) is 0 Å². The third-order valence-electron chi connectivity index (χ3n) is 4.13. The normalized spacial score (nSPS) is 17.4. The lowest BCUT2D eigenvalue weighted by molar-refractivity contribution is -0.954. The second-order valence-corrected chi connectivity index (χ2v) is 7.87. The molecule has 124 valence electrons. The summed E-state index contributed by atoms with van der Waals surface area (Å²) in [6.45, 7) is 7.79. The molecule has 0 aromatic heterocycles. The summed E-state index contributed by atoms with van der Waals surface area (Å²) in [5.74, 6) is 0.636. The number of sulfonamides is 1. The summed E-state index contributed by atoms with van der Waals surface area (Å²) in [6.07, 6.45) is 0. The Morgan fingerprint density at radius 1 is 1.23 bits per heavy atom. The van der Waals surface area contributed by atoms with E-state index in [9.17, 15) is 8.42 Å². The SMILES string of the molecule is COc1ccc(S(=O)(=O)NCC(C)(C)[NH+]2CCOCC2)cc1.